The number of aryl methyl sites for hydroxylation is 2. The summed E-state index contributed by atoms with van der Waals surface area (Å²) in [5, 5.41) is 4.16. The van der Waals surface area contributed by atoms with E-state index in [1.165, 1.54) is 6.20 Å². The van der Waals surface area contributed by atoms with Crippen molar-refractivity contribution in [2.75, 3.05) is 31.0 Å². The normalized spacial score (nSPS) is 15.1. The van der Waals surface area contributed by atoms with Crippen LogP contribution in [0.2, 0.25) is 0 Å². The highest BCUT2D eigenvalue weighted by Crippen LogP contribution is 2.19. The van der Waals surface area contributed by atoms with E-state index in [1.54, 1.807) is 40.8 Å². The SMILES string of the molecule is CCn1cc(S(=O)(=O)Nc2ccc(C(=O)N3CCOCC3)cc2)c(C)n1. The monoisotopic (exact) mass is 378 g/mol. The maximum absolute atomic E-state index is 12.6. The minimum atomic E-state index is -3.73. The van der Waals surface area contributed by atoms with Crippen LogP contribution in [0.5, 0.6) is 0 Å². The summed E-state index contributed by atoms with van der Waals surface area (Å²) in [6.45, 7) is 6.34. The zero-order valence-electron chi connectivity index (χ0n) is 14.8. The Morgan fingerprint density at radius 2 is 1.88 bits per heavy atom. The van der Waals surface area contributed by atoms with E-state index in [0.717, 1.165) is 0 Å². The first kappa shape index (κ1) is 18.4. The Morgan fingerprint density at radius 3 is 2.46 bits per heavy atom. The summed E-state index contributed by atoms with van der Waals surface area (Å²) in [6, 6.07) is 6.42. The molecule has 26 heavy (non-hydrogen) atoms. The van der Waals surface area contributed by atoms with E-state index in [2.05, 4.69) is 9.82 Å². The molecule has 1 fully saturated rings. The fourth-order valence-electron chi connectivity index (χ4n) is 2.77. The Labute approximate surface area is 152 Å². The van der Waals surface area contributed by atoms with Gasteiger partial charge in [-0.15, -0.1) is 0 Å². The molecule has 1 aromatic carbocycles. The summed E-state index contributed by atoms with van der Waals surface area (Å²) < 4.78 is 34.5. The van der Waals surface area contributed by atoms with Crippen molar-refractivity contribution in [3.63, 3.8) is 0 Å². The zero-order chi connectivity index (χ0) is 18.7. The van der Waals surface area contributed by atoms with Crippen molar-refractivity contribution < 1.29 is 17.9 Å². The van der Waals surface area contributed by atoms with Crippen LogP contribution >= 0.6 is 0 Å². The van der Waals surface area contributed by atoms with E-state index in [4.69, 9.17) is 4.74 Å². The van der Waals surface area contributed by atoms with Crippen molar-refractivity contribution in [3.8, 4) is 0 Å². The number of ether oxygens (including phenoxy) is 1. The van der Waals surface area contributed by atoms with Gasteiger partial charge in [0.1, 0.15) is 4.90 Å². The summed E-state index contributed by atoms with van der Waals surface area (Å²) >= 11 is 0. The third-order valence-corrected chi connectivity index (χ3v) is 5.68. The summed E-state index contributed by atoms with van der Waals surface area (Å²) in [5.74, 6) is -0.0808. The second-order valence-electron chi connectivity index (χ2n) is 6.02. The summed E-state index contributed by atoms with van der Waals surface area (Å²) in [7, 11) is -3.73. The van der Waals surface area contributed by atoms with E-state index in [0.29, 0.717) is 49.8 Å². The molecule has 140 valence electrons. The highest BCUT2D eigenvalue weighted by Gasteiger charge is 2.21. The Morgan fingerprint density at radius 1 is 1.23 bits per heavy atom. The van der Waals surface area contributed by atoms with Crippen LogP contribution in [-0.4, -0.2) is 55.3 Å². The number of benzene rings is 1. The molecular formula is C17H22N4O4S. The van der Waals surface area contributed by atoms with Crippen LogP contribution in [-0.2, 0) is 21.3 Å². The standard InChI is InChI=1S/C17H22N4O4S/c1-3-21-12-16(13(2)18-21)26(23,24)19-15-6-4-14(5-7-15)17(22)20-8-10-25-11-9-20/h4-7,12,19H,3,8-11H2,1-2H3. The molecule has 9 heteroatoms. The Hall–Kier alpha value is -2.39. The lowest BCUT2D eigenvalue weighted by molar-refractivity contribution is 0.0303. The van der Waals surface area contributed by atoms with Crippen LogP contribution in [0.4, 0.5) is 5.69 Å². The number of nitrogens with zero attached hydrogens (tertiary/aromatic N) is 3. The third kappa shape index (κ3) is 3.88. The minimum absolute atomic E-state index is 0.0808. The summed E-state index contributed by atoms with van der Waals surface area (Å²) in [5.41, 5.74) is 1.36. The predicted molar refractivity (Wildman–Crippen MR) is 96.6 cm³/mol. The molecule has 0 radical (unpaired) electrons. The molecule has 0 saturated carbocycles. The van der Waals surface area contributed by atoms with Crippen molar-refractivity contribution in [3.05, 3.63) is 41.7 Å². The Kier molecular flexibility index (Phi) is 5.28. The number of nitrogens with one attached hydrogen (secondary N) is 1. The molecule has 1 amide bonds. The molecule has 3 rings (SSSR count). The van der Waals surface area contributed by atoms with E-state index in [9.17, 15) is 13.2 Å². The Balaban J connectivity index is 1.74. The van der Waals surface area contributed by atoms with Crippen LogP contribution in [0.15, 0.2) is 35.4 Å². The first-order chi connectivity index (χ1) is 12.4. The molecule has 1 aliphatic heterocycles. The molecule has 8 nitrogen and oxygen atoms in total. The smallest absolute Gasteiger partial charge is 0.265 e. The number of hydrogen-bond donors (Lipinski definition) is 1. The number of amides is 1. The van der Waals surface area contributed by atoms with Crippen LogP contribution in [0.1, 0.15) is 23.0 Å². The molecule has 1 N–H and O–H groups in total. The number of sulfonamides is 1. The lowest BCUT2D eigenvalue weighted by atomic mass is 10.2. The maximum Gasteiger partial charge on any atom is 0.265 e. The Bertz CT molecular complexity index is 884. The molecule has 0 aliphatic carbocycles. The predicted octanol–water partition coefficient (Wildman–Crippen LogP) is 1.48. The van der Waals surface area contributed by atoms with Crippen molar-refractivity contribution in [2.24, 2.45) is 0 Å². The lowest BCUT2D eigenvalue weighted by Crippen LogP contribution is -2.40. The van der Waals surface area contributed by atoms with Crippen molar-refractivity contribution in [1.29, 1.82) is 0 Å². The van der Waals surface area contributed by atoms with Crippen molar-refractivity contribution >= 4 is 21.6 Å². The number of carbonyl (C=O) groups excluding carboxylic acids is 1. The average Bonchev–Trinajstić information content (AvgIpc) is 3.04. The van der Waals surface area contributed by atoms with Crippen molar-refractivity contribution in [1.82, 2.24) is 14.7 Å². The van der Waals surface area contributed by atoms with Gasteiger partial charge in [0.2, 0.25) is 0 Å². The molecule has 2 heterocycles. The number of rotatable bonds is 5. The van der Waals surface area contributed by atoms with Gasteiger partial charge in [-0.2, -0.15) is 5.10 Å². The summed E-state index contributed by atoms with van der Waals surface area (Å²) in [6.07, 6.45) is 1.51. The topological polar surface area (TPSA) is 93.5 Å². The zero-order valence-corrected chi connectivity index (χ0v) is 15.6. The van der Waals surface area contributed by atoms with Crippen LogP contribution in [0.3, 0.4) is 0 Å². The van der Waals surface area contributed by atoms with Gasteiger partial charge in [-0.3, -0.25) is 14.2 Å². The van der Waals surface area contributed by atoms with Crippen LogP contribution in [0.25, 0.3) is 0 Å². The van der Waals surface area contributed by atoms with Gasteiger partial charge in [-0.05, 0) is 38.1 Å². The fourth-order valence-corrected chi connectivity index (χ4v) is 4.01. The number of carbonyl (C=O) groups is 1. The fraction of sp³-hybridized carbons (Fsp3) is 0.412. The van der Waals surface area contributed by atoms with Gasteiger partial charge < -0.3 is 9.64 Å². The first-order valence-corrected chi connectivity index (χ1v) is 9.93. The van der Waals surface area contributed by atoms with Gasteiger partial charge in [-0.1, -0.05) is 0 Å². The average molecular weight is 378 g/mol. The molecule has 1 aliphatic rings. The van der Waals surface area contributed by atoms with E-state index < -0.39 is 10.0 Å². The minimum Gasteiger partial charge on any atom is -0.378 e. The molecule has 1 saturated heterocycles. The first-order valence-electron chi connectivity index (χ1n) is 8.44. The van der Waals surface area contributed by atoms with Gasteiger partial charge >= 0.3 is 0 Å². The second kappa shape index (κ2) is 7.46. The van der Waals surface area contributed by atoms with E-state index >= 15 is 0 Å². The third-order valence-electron chi connectivity index (χ3n) is 4.20. The highest BCUT2D eigenvalue weighted by atomic mass is 32.2. The molecule has 0 unspecified atom stereocenters. The summed E-state index contributed by atoms with van der Waals surface area (Å²) in [4.78, 5) is 14.3. The van der Waals surface area contributed by atoms with E-state index in [-0.39, 0.29) is 10.8 Å². The molecule has 0 spiro atoms. The van der Waals surface area contributed by atoms with Gasteiger partial charge in [0.25, 0.3) is 15.9 Å². The molecular weight excluding hydrogens is 356 g/mol. The van der Waals surface area contributed by atoms with E-state index in [1.807, 2.05) is 6.92 Å². The number of aromatic nitrogens is 2. The van der Waals surface area contributed by atoms with Gasteiger partial charge in [-0.25, -0.2) is 8.42 Å². The van der Waals surface area contributed by atoms with Crippen LogP contribution in [0, 0.1) is 6.92 Å². The molecule has 1 aromatic heterocycles. The molecule has 0 bridgehead atoms. The number of hydrogen-bond acceptors (Lipinski definition) is 5. The van der Waals surface area contributed by atoms with Gasteiger partial charge in [0, 0.05) is 37.1 Å². The lowest BCUT2D eigenvalue weighted by Gasteiger charge is -2.26. The van der Waals surface area contributed by atoms with Crippen LogP contribution < -0.4 is 4.72 Å². The second-order valence-corrected chi connectivity index (χ2v) is 7.67. The van der Waals surface area contributed by atoms with Gasteiger partial charge in [0.15, 0.2) is 0 Å². The molecule has 0 atom stereocenters. The van der Waals surface area contributed by atoms with Gasteiger partial charge in [0.05, 0.1) is 18.9 Å². The van der Waals surface area contributed by atoms with Crippen molar-refractivity contribution in [2.45, 2.75) is 25.3 Å². The maximum atomic E-state index is 12.6. The largest absolute Gasteiger partial charge is 0.378 e. The number of anilines is 1. The quantitative estimate of drug-likeness (QED) is 0.851. The number of morpholine rings is 1. The molecule has 2 aromatic rings. The highest BCUT2D eigenvalue weighted by molar-refractivity contribution is 7.92.